The minimum absolute atomic E-state index is 0.454. The van der Waals surface area contributed by atoms with E-state index in [-0.39, 0.29) is 0 Å². The van der Waals surface area contributed by atoms with Crippen LogP contribution in [0.1, 0.15) is 18.1 Å². The van der Waals surface area contributed by atoms with Crippen molar-refractivity contribution < 1.29 is 9.57 Å². The first-order valence-electron chi connectivity index (χ1n) is 5.36. The van der Waals surface area contributed by atoms with E-state index in [1.807, 2.05) is 0 Å². The maximum atomic E-state index is 5.46. The summed E-state index contributed by atoms with van der Waals surface area (Å²) in [6, 6.07) is 6.42. The third-order valence-electron chi connectivity index (χ3n) is 2.72. The Bertz CT molecular complexity index is 338. The largest absolute Gasteiger partial charge is 0.493 e. The van der Waals surface area contributed by atoms with Crippen molar-refractivity contribution in [3.8, 4) is 5.75 Å². The van der Waals surface area contributed by atoms with Crippen LogP contribution in [-0.2, 0) is 17.7 Å². The second-order valence-electron chi connectivity index (χ2n) is 4.18. The van der Waals surface area contributed by atoms with Crippen LogP contribution >= 0.6 is 0 Å². The minimum atomic E-state index is 0.454. The predicted molar refractivity (Wildman–Crippen MR) is 58.6 cm³/mol. The molecule has 3 heteroatoms. The number of hydrogen-bond donors (Lipinski definition) is 1. The first-order valence-corrected chi connectivity index (χ1v) is 5.36. The Morgan fingerprint density at radius 1 is 1.53 bits per heavy atom. The van der Waals surface area contributed by atoms with Crippen LogP contribution in [0.3, 0.4) is 0 Å². The monoisotopic (exact) mass is 207 g/mol. The average Bonchev–Trinajstić information content (AvgIpc) is 2.65. The topological polar surface area (TPSA) is 44.5 Å². The summed E-state index contributed by atoms with van der Waals surface area (Å²) in [6.45, 7) is 3.56. The molecule has 1 heterocycles. The third kappa shape index (κ3) is 2.49. The highest BCUT2D eigenvalue weighted by Crippen LogP contribution is 2.26. The Kier molecular flexibility index (Phi) is 3.23. The summed E-state index contributed by atoms with van der Waals surface area (Å²) < 4.78 is 5.46. The van der Waals surface area contributed by atoms with Crippen molar-refractivity contribution in [3.05, 3.63) is 29.3 Å². The lowest BCUT2D eigenvalue weighted by molar-refractivity contribution is 0.107. The molecule has 0 saturated heterocycles. The van der Waals surface area contributed by atoms with Crippen LogP contribution in [-0.4, -0.2) is 13.2 Å². The molecule has 1 atom stereocenters. The fraction of sp³-hybridized carbons (Fsp3) is 0.500. The van der Waals surface area contributed by atoms with Gasteiger partial charge in [0.25, 0.3) is 0 Å². The average molecular weight is 207 g/mol. The highest BCUT2D eigenvalue weighted by Gasteiger charge is 2.12. The van der Waals surface area contributed by atoms with Crippen LogP contribution in [0.4, 0.5) is 0 Å². The molecule has 1 aliphatic heterocycles. The van der Waals surface area contributed by atoms with Gasteiger partial charge in [-0.3, -0.25) is 0 Å². The molecule has 2 rings (SSSR count). The fourth-order valence-electron chi connectivity index (χ4n) is 1.99. The molecule has 0 spiro atoms. The van der Waals surface area contributed by atoms with Gasteiger partial charge in [0.05, 0.1) is 13.2 Å². The van der Waals surface area contributed by atoms with Gasteiger partial charge < -0.3 is 9.57 Å². The van der Waals surface area contributed by atoms with Crippen molar-refractivity contribution >= 4 is 0 Å². The molecule has 1 unspecified atom stereocenters. The normalized spacial score (nSPS) is 15.9. The molecule has 0 bridgehead atoms. The summed E-state index contributed by atoms with van der Waals surface area (Å²) in [6.07, 6.45) is 2.04. The van der Waals surface area contributed by atoms with E-state index in [1.165, 1.54) is 11.1 Å². The third-order valence-corrected chi connectivity index (χ3v) is 2.72. The van der Waals surface area contributed by atoms with Crippen molar-refractivity contribution in [2.75, 3.05) is 13.2 Å². The Labute approximate surface area is 90.1 Å². The van der Waals surface area contributed by atoms with Crippen LogP contribution in [0.15, 0.2) is 18.2 Å². The molecule has 15 heavy (non-hydrogen) atoms. The molecule has 0 radical (unpaired) electrons. The second-order valence-corrected chi connectivity index (χ2v) is 4.18. The lowest BCUT2D eigenvalue weighted by Gasteiger charge is -2.10. The van der Waals surface area contributed by atoms with E-state index in [1.54, 1.807) is 0 Å². The van der Waals surface area contributed by atoms with Crippen LogP contribution in [0.2, 0.25) is 0 Å². The zero-order valence-corrected chi connectivity index (χ0v) is 9.03. The zero-order chi connectivity index (χ0) is 10.7. The number of ether oxygens (including phenoxy) is 1. The molecular formula is C12H17NO2. The Hall–Kier alpha value is -1.06. The molecule has 82 valence electrons. The summed E-state index contributed by atoms with van der Waals surface area (Å²) in [4.78, 5) is 4.64. The highest BCUT2D eigenvalue weighted by atomic mass is 16.6. The summed E-state index contributed by atoms with van der Waals surface area (Å²) >= 11 is 0. The number of fused-ring (bicyclic) bond motifs is 1. The van der Waals surface area contributed by atoms with Crippen molar-refractivity contribution in [1.29, 1.82) is 0 Å². The van der Waals surface area contributed by atoms with Crippen LogP contribution < -0.4 is 10.6 Å². The molecule has 0 aliphatic carbocycles. The predicted octanol–water partition coefficient (Wildman–Crippen LogP) is 1.69. The molecular weight excluding hydrogens is 190 g/mol. The number of rotatable bonds is 4. The van der Waals surface area contributed by atoms with E-state index < -0.39 is 0 Å². The van der Waals surface area contributed by atoms with Gasteiger partial charge in [0.2, 0.25) is 0 Å². The lowest BCUT2D eigenvalue weighted by atomic mass is 9.99. The van der Waals surface area contributed by atoms with Crippen molar-refractivity contribution in [3.63, 3.8) is 0 Å². The van der Waals surface area contributed by atoms with Gasteiger partial charge in [0.15, 0.2) is 0 Å². The number of nitrogens with two attached hydrogens (primary N) is 1. The molecule has 1 aliphatic rings. The van der Waals surface area contributed by atoms with E-state index in [2.05, 4.69) is 30.0 Å². The van der Waals surface area contributed by atoms with Gasteiger partial charge in [-0.1, -0.05) is 19.1 Å². The zero-order valence-electron chi connectivity index (χ0n) is 9.03. The van der Waals surface area contributed by atoms with Gasteiger partial charge >= 0.3 is 0 Å². The van der Waals surface area contributed by atoms with E-state index in [0.717, 1.165) is 25.2 Å². The quantitative estimate of drug-likeness (QED) is 0.764. The van der Waals surface area contributed by atoms with Gasteiger partial charge in [0, 0.05) is 6.42 Å². The Balaban J connectivity index is 2.03. The molecule has 0 saturated carbocycles. The van der Waals surface area contributed by atoms with Gasteiger partial charge in [-0.2, -0.15) is 0 Å². The summed E-state index contributed by atoms with van der Waals surface area (Å²) in [5.74, 6) is 6.55. The first kappa shape index (κ1) is 10.5. The van der Waals surface area contributed by atoms with Gasteiger partial charge in [0.1, 0.15) is 5.75 Å². The first-order chi connectivity index (χ1) is 7.29. The standard InChI is InChI=1S/C12H17NO2/c1-9(8-15-13)6-10-2-3-12-11(7-10)4-5-14-12/h2-3,7,9H,4-6,8,13H2,1H3. The number of benzene rings is 1. The van der Waals surface area contributed by atoms with Crippen molar-refractivity contribution in [2.45, 2.75) is 19.8 Å². The van der Waals surface area contributed by atoms with Crippen LogP contribution in [0, 0.1) is 5.92 Å². The molecule has 3 nitrogen and oxygen atoms in total. The van der Waals surface area contributed by atoms with Gasteiger partial charge in [-0.05, 0) is 29.5 Å². The minimum Gasteiger partial charge on any atom is -0.493 e. The van der Waals surface area contributed by atoms with E-state index >= 15 is 0 Å². The van der Waals surface area contributed by atoms with E-state index in [9.17, 15) is 0 Å². The SMILES string of the molecule is CC(CON)Cc1ccc2c(c1)CCO2. The molecule has 1 aromatic carbocycles. The Morgan fingerprint density at radius 3 is 3.20 bits per heavy atom. The Morgan fingerprint density at radius 2 is 2.40 bits per heavy atom. The van der Waals surface area contributed by atoms with E-state index in [4.69, 9.17) is 10.6 Å². The molecule has 0 aromatic heterocycles. The van der Waals surface area contributed by atoms with Crippen molar-refractivity contribution in [1.82, 2.24) is 0 Å². The summed E-state index contributed by atoms with van der Waals surface area (Å²) in [7, 11) is 0. The number of hydrogen-bond acceptors (Lipinski definition) is 3. The highest BCUT2D eigenvalue weighted by molar-refractivity contribution is 5.39. The van der Waals surface area contributed by atoms with E-state index in [0.29, 0.717) is 12.5 Å². The van der Waals surface area contributed by atoms with Gasteiger partial charge in [-0.15, -0.1) is 0 Å². The molecule has 0 fully saturated rings. The maximum Gasteiger partial charge on any atom is 0.122 e. The van der Waals surface area contributed by atoms with Crippen LogP contribution in [0.25, 0.3) is 0 Å². The molecule has 1 aromatic rings. The van der Waals surface area contributed by atoms with Crippen LogP contribution in [0.5, 0.6) is 5.75 Å². The van der Waals surface area contributed by atoms with Gasteiger partial charge in [-0.25, -0.2) is 5.90 Å². The lowest BCUT2D eigenvalue weighted by Crippen LogP contribution is -2.12. The maximum absolute atomic E-state index is 5.46. The van der Waals surface area contributed by atoms with Crippen molar-refractivity contribution in [2.24, 2.45) is 11.8 Å². The second kappa shape index (κ2) is 4.64. The molecule has 2 N–H and O–H groups in total. The smallest absolute Gasteiger partial charge is 0.122 e. The fourth-order valence-corrected chi connectivity index (χ4v) is 1.99. The summed E-state index contributed by atoms with van der Waals surface area (Å²) in [5.41, 5.74) is 2.66. The molecule has 0 amide bonds. The summed E-state index contributed by atoms with van der Waals surface area (Å²) in [5, 5.41) is 0.